The molecule has 0 heterocycles. The van der Waals surface area contributed by atoms with E-state index in [1.807, 2.05) is 0 Å². The fourth-order valence-corrected chi connectivity index (χ4v) is 0.327. The van der Waals surface area contributed by atoms with E-state index in [1.165, 1.54) is 18.5 Å². The Labute approximate surface area is 71.8 Å². The number of allylic oxidation sites excluding steroid dienone is 3. The Morgan fingerprint density at radius 2 is 2.00 bits per heavy atom. The summed E-state index contributed by atoms with van der Waals surface area (Å²) >= 11 is 4.64. The molecule has 0 aromatic rings. The van der Waals surface area contributed by atoms with Crippen LogP contribution in [0.5, 0.6) is 0 Å². The minimum absolute atomic E-state index is 0.344. The highest BCUT2D eigenvalue weighted by atomic mass is 35.5. The summed E-state index contributed by atoms with van der Waals surface area (Å²) in [7, 11) is 0. The van der Waals surface area contributed by atoms with Crippen LogP contribution in [0.1, 0.15) is 0 Å². The molecule has 3 heteroatoms. The summed E-state index contributed by atoms with van der Waals surface area (Å²) in [6.07, 6.45) is 5.96. The van der Waals surface area contributed by atoms with Crippen molar-refractivity contribution in [1.82, 2.24) is 0 Å². The van der Waals surface area contributed by atoms with Crippen molar-refractivity contribution < 1.29 is 9.53 Å². The second-order valence-electron chi connectivity index (χ2n) is 1.22. The van der Waals surface area contributed by atoms with Crippen molar-refractivity contribution in [2.75, 3.05) is 6.38 Å². The predicted octanol–water partition coefficient (Wildman–Crippen LogP) is 2.27. The maximum atomic E-state index is 9.70. The Hall–Kier alpha value is -1.02. The minimum Gasteiger partial charge on any atom is -0.429 e. The second kappa shape index (κ2) is 11.7. The van der Waals surface area contributed by atoms with Gasteiger partial charge in [0.25, 0.3) is 6.47 Å². The van der Waals surface area contributed by atoms with Gasteiger partial charge in [-0.15, -0.1) is 11.6 Å². The maximum Gasteiger partial charge on any atom is 0.298 e. The van der Waals surface area contributed by atoms with Gasteiger partial charge in [-0.1, -0.05) is 19.2 Å². The number of ether oxygens (including phenoxy) is 1. The van der Waals surface area contributed by atoms with Crippen molar-refractivity contribution in [1.29, 1.82) is 0 Å². The van der Waals surface area contributed by atoms with Crippen LogP contribution < -0.4 is 0 Å². The van der Waals surface area contributed by atoms with E-state index in [0.717, 1.165) is 0 Å². The van der Waals surface area contributed by atoms with Crippen molar-refractivity contribution in [2.24, 2.45) is 0 Å². The molecule has 0 amide bonds. The van der Waals surface area contributed by atoms with E-state index >= 15 is 0 Å². The molecule has 0 spiro atoms. The second-order valence-corrected chi connectivity index (χ2v) is 1.22. The molecule has 62 valence electrons. The van der Waals surface area contributed by atoms with E-state index in [4.69, 9.17) is 0 Å². The van der Waals surface area contributed by atoms with Crippen LogP contribution in [0.15, 0.2) is 37.1 Å². The Morgan fingerprint density at radius 1 is 1.45 bits per heavy atom. The summed E-state index contributed by atoms with van der Waals surface area (Å²) in [5, 5.41) is 0. The molecule has 0 aromatic carbocycles. The Kier molecular flexibility index (Phi) is 13.5. The third-order valence-electron chi connectivity index (χ3n) is 0.667. The number of carbonyl (C=O) groups excluding carboxylic acids is 1. The van der Waals surface area contributed by atoms with Crippen LogP contribution in [0.2, 0.25) is 0 Å². The molecule has 0 fully saturated rings. The van der Waals surface area contributed by atoms with E-state index < -0.39 is 0 Å². The van der Waals surface area contributed by atoms with Gasteiger partial charge in [0.2, 0.25) is 0 Å². The van der Waals surface area contributed by atoms with Crippen molar-refractivity contribution in [3.05, 3.63) is 37.1 Å². The van der Waals surface area contributed by atoms with Crippen LogP contribution in [0, 0.1) is 0 Å². The molecule has 0 saturated carbocycles. The van der Waals surface area contributed by atoms with Crippen LogP contribution in [0.3, 0.4) is 0 Å². The fraction of sp³-hybridized carbons (Fsp3) is 0.125. The first-order valence-corrected chi connectivity index (χ1v) is 3.54. The third kappa shape index (κ3) is 8.98. The molecule has 0 aromatic heterocycles. The summed E-state index contributed by atoms with van der Waals surface area (Å²) < 4.78 is 4.42. The molecule has 0 aliphatic carbocycles. The Morgan fingerprint density at radius 3 is 2.27 bits per heavy atom. The maximum absolute atomic E-state index is 9.70. The van der Waals surface area contributed by atoms with E-state index in [-0.39, 0.29) is 0 Å². The monoisotopic (exact) mass is 174 g/mol. The molecule has 0 radical (unpaired) electrons. The summed E-state index contributed by atoms with van der Waals surface area (Å²) in [6, 6.07) is 0. The standard InChI is InChI=1S/C7H8O2.CH3Cl/c1-3-5-7(4-2)9-6-8;1-2/h3-6H,1-2H2;1H3/b7-5+;. The smallest absolute Gasteiger partial charge is 0.298 e. The molecule has 0 N–H and O–H groups in total. The minimum atomic E-state index is 0.344. The lowest BCUT2D eigenvalue weighted by Gasteiger charge is -1.92. The van der Waals surface area contributed by atoms with Gasteiger partial charge in [-0.05, 0) is 12.2 Å². The zero-order valence-electron chi connectivity index (χ0n) is 6.42. The number of halogens is 1. The molecule has 0 rings (SSSR count). The molecule has 0 aliphatic rings. The van der Waals surface area contributed by atoms with Gasteiger partial charge >= 0.3 is 0 Å². The highest BCUT2D eigenvalue weighted by molar-refractivity contribution is 6.15. The topological polar surface area (TPSA) is 26.3 Å². The Balaban J connectivity index is 0. The van der Waals surface area contributed by atoms with Gasteiger partial charge < -0.3 is 4.74 Å². The van der Waals surface area contributed by atoms with Crippen LogP contribution in [-0.4, -0.2) is 12.9 Å². The summed E-state index contributed by atoms with van der Waals surface area (Å²) in [5.74, 6) is 0.403. The third-order valence-corrected chi connectivity index (χ3v) is 0.667. The van der Waals surface area contributed by atoms with Crippen molar-refractivity contribution >= 4 is 18.1 Å². The van der Waals surface area contributed by atoms with Crippen molar-refractivity contribution in [3.63, 3.8) is 0 Å². The normalized spacial score (nSPS) is 8.73. The van der Waals surface area contributed by atoms with Gasteiger partial charge in [0.1, 0.15) is 5.76 Å². The van der Waals surface area contributed by atoms with Gasteiger partial charge in [-0.25, -0.2) is 0 Å². The van der Waals surface area contributed by atoms with E-state index in [2.05, 4.69) is 29.5 Å². The average molecular weight is 175 g/mol. The SMILES string of the molecule is C=C/C=C(\C=C)OC=O.CCl. The fourth-order valence-electron chi connectivity index (χ4n) is 0.327. The predicted molar refractivity (Wildman–Crippen MR) is 47.4 cm³/mol. The summed E-state index contributed by atoms with van der Waals surface area (Å²) in [6.45, 7) is 7.15. The van der Waals surface area contributed by atoms with Crippen molar-refractivity contribution in [2.45, 2.75) is 0 Å². The first-order valence-electron chi connectivity index (χ1n) is 2.78. The highest BCUT2D eigenvalue weighted by Crippen LogP contribution is 1.94. The number of rotatable bonds is 4. The Bertz CT molecular complexity index is 150. The molecule has 0 atom stereocenters. The number of hydrogen-bond acceptors (Lipinski definition) is 2. The molecule has 0 saturated heterocycles. The first-order chi connectivity index (χ1) is 5.35. The van der Waals surface area contributed by atoms with Crippen LogP contribution in [0.25, 0.3) is 0 Å². The molecular formula is C8H11ClO2. The molecule has 11 heavy (non-hydrogen) atoms. The zero-order chi connectivity index (χ0) is 9.11. The molecule has 2 nitrogen and oxygen atoms in total. The van der Waals surface area contributed by atoms with E-state index in [0.29, 0.717) is 12.2 Å². The zero-order valence-corrected chi connectivity index (χ0v) is 7.17. The molecular weight excluding hydrogens is 164 g/mol. The number of alkyl halides is 1. The largest absolute Gasteiger partial charge is 0.429 e. The van der Waals surface area contributed by atoms with Crippen LogP contribution in [0.4, 0.5) is 0 Å². The summed E-state index contributed by atoms with van der Waals surface area (Å²) in [4.78, 5) is 9.70. The number of hydrogen-bond donors (Lipinski definition) is 0. The lowest BCUT2D eigenvalue weighted by atomic mass is 10.4. The van der Waals surface area contributed by atoms with Gasteiger partial charge in [-0.2, -0.15) is 0 Å². The lowest BCUT2D eigenvalue weighted by Crippen LogP contribution is -1.82. The van der Waals surface area contributed by atoms with E-state index in [1.54, 1.807) is 6.08 Å². The molecule has 0 aliphatic heterocycles. The van der Waals surface area contributed by atoms with E-state index in [9.17, 15) is 4.79 Å². The van der Waals surface area contributed by atoms with Gasteiger partial charge in [-0.3, -0.25) is 4.79 Å². The first kappa shape index (κ1) is 12.6. The number of carbonyl (C=O) groups is 1. The van der Waals surface area contributed by atoms with Gasteiger partial charge in [0.15, 0.2) is 0 Å². The molecule has 0 bridgehead atoms. The quantitative estimate of drug-likeness (QED) is 0.283. The highest BCUT2D eigenvalue weighted by Gasteiger charge is 1.83. The lowest BCUT2D eigenvalue weighted by molar-refractivity contribution is -0.124. The van der Waals surface area contributed by atoms with Gasteiger partial charge in [0, 0.05) is 6.38 Å². The summed E-state index contributed by atoms with van der Waals surface area (Å²) in [5.41, 5.74) is 0. The van der Waals surface area contributed by atoms with Crippen LogP contribution in [-0.2, 0) is 9.53 Å². The van der Waals surface area contributed by atoms with Gasteiger partial charge in [0.05, 0.1) is 0 Å². The molecule has 0 unspecified atom stereocenters. The van der Waals surface area contributed by atoms with Crippen LogP contribution >= 0.6 is 11.6 Å². The van der Waals surface area contributed by atoms with Crippen molar-refractivity contribution in [3.8, 4) is 0 Å². The average Bonchev–Trinajstić information content (AvgIpc) is 2.08.